The van der Waals surface area contributed by atoms with Crippen LogP contribution >= 0.6 is 12.4 Å². The Morgan fingerprint density at radius 3 is 2.35 bits per heavy atom. The second-order valence-electron chi connectivity index (χ2n) is 4.53. The van der Waals surface area contributed by atoms with Crippen LogP contribution in [0.5, 0.6) is 0 Å². The molecule has 1 aromatic carbocycles. The van der Waals surface area contributed by atoms with Gasteiger partial charge in [0.15, 0.2) is 9.84 Å². The fraction of sp³-hybridized carbons (Fsp3) is 0.500. The van der Waals surface area contributed by atoms with E-state index in [0.29, 0.717) is 4.90 Å². The molecule has 0 saturated heterocycles. The third-order valence-electron chi connectivity index (χ3n) is 3.14. The first kappa shape index (κ1) is 14.5. The van der Waals surface area contributed by atoms with E-state index in [0.717, 1.165) is 19.3 Å². The van der Waals surface area contributed by atoms with Gasteiger partial charge in [0, 0.05) is 6.04 Å². The largest absolute Gasteiger partial charge is 0.328 e. The van der Waals surface area contributed by atoms with E-state index in [-0.39, 0.29) is 30.1 Å². The summed E-state index contributed by atoms with van der Waals surface area (Å²) in [5.74, 6) is 0.477. The standard InChI is InChI=1S/C12H17NO2S.ClH/c13-11-7-6-10(8-11)9-16(14,15)12-4-2-1-3-5-12;/h1-5,10-11H,6-9,13H2;1H/t10-,11+;/m0./s1. The van der Waals surface area contributed by atoms with E-state index in [4.69, 9.17) is 5.73 Å². The van der Waals surface area contributed by atoms with E-state index in [9.17, 15) is 8.42 Å². The molecule has 3 nitrogen and oxygen atoms in total. The van der Waals surface area contributed by atoms with Crippen molar-refractivity contribution in [3.63, 3.8) is 0 Å². The Labute approximate surface area is 109 Å². The van der Waals surface area contributed by atoms with Crippen LogP contribution in [0.2, 0.25) is 0 Å². The summed E-state index contributed by atoms with van der Waals surface area (Å²) in [4.78, 5) is 0.426. The molecule has 1 aliphatic rings. The normalized spacial score (nSPS) is 24.3. The topological polar surface area (TPSA) is 60.2 Å². The third-order valence-corrected chi connectivity index (χ3v) is 5.04. The average molecular weight is 276 g/mol. The summed E-state index contributed by atoms with van der Waals surface area (Å²) >= 11 is 0. The first-order chi connectivity index (χ1) is 7.58. The predicted molar refractivity (Wildman–Crippen MR) is 71.1 cm³/mol. The summed E-state index contributed by atoms with van der Waals surface area (Å²) in [6, 6.07) is 8.84. The molecule has 1 saturated carbocycles. The molecule has 0 amide bonds. The van der Waals surface area contributed by atoms with Gasteiger partial charge in [0.05, 0.1) is 10.6 Å². The minimum Gasteiger partial charge on any atom is -0.328 e. The summed E-state index contributed by atoms with van der Waals surface area (Å²) in [6.07, 6.45) is 2.73. The molecule has 0 unspecified atom stereocenters. The van der Waals surface area contributed by atoms with E-state index >= 15 is 0 Å². The van der Waals surface area contributed by atoms with Crippen LogP contribution in [0.1, 0.15) is 19.3 Å². The Morgan fingerprint density at radius 2 is 1.82 bits per heavy atom. The maximum Gasteiger partial charge on any atom is 0.178 e. The lowest BCUT2D eigenvalue weighted by Gasteiger charge is -2.10. The maximum atomic E-state index is 12.1. The second kappa shape index (κ2) is 5.85. The van der Waals surface area contributed by atoms with Gasteiger partial charge in [-0.3, -0.25) is 0 Å². The molecule has 0 spiro atoms. The fourth-order valence-corrected chi connectivity index (χ4v) is 3.99. The first-order valence-electron chi connectivity index (χ1n) is 5.61. The van der Waals surface area contributed by atoms with Crippen LogP contribution in [-0.4, -0.2) is 20.2 Å². The summed E-state index contributed by atoms with van der Waals surface area (Å²) in [5, 5.41) is 0. The van der Waals surface area contributed by atoms with Gasteiger partial charge in [-0.2, -0.15) is 0 Å². The van der Waals surface area contributed by atoms with Gasteiger partial charge in [-0.15, -0.1) is 12.4 Å². The minimum atomic E-state index is -3.12. The van der Waals surface area contributed by atoms with Crippen LogP contribution in [0.25, 0.3) is 0 Å². The number of halogens is 1. The van der Waals surface area contributed by atoms with Crippen molar-refractivity contribution >= 4 is 22.2 Å². The van der Waals surface area contributed by atoms with E-state index in [1.165, 1.54) is 0 Å². The van der Waals surface area contributed by atoms with Crippen LogP contribution in [0.15, 0.2) is 35.2 Å². The van der Waals surface area contributed by atoms with Crippen molar-refractivity contribution in [2.45, 2.75) is 30.2 Å². The van der Waals surface area contributed by atoms with Gasteiger partial charge in [0.1, 0.15) is 0 Å². The Morgan fingerprint density at radius 1 is 1.18 bits per heavy atom. The molecule has 2 N–H and O–H groups in total. The molecule has 1 fully saturated rings. The summed E-state index contributed by atoms with van der Waals surface area (Å²) in [5.41, 5.74) is 5.79. The molecule has 5 heteroatoms. The molecule has 0 bridgehead atoms. The Hall–Kier alpha value is -0.580. The second-order valence-corrected chi connectivity index (χ2v) is 6.57. The van der Waals surface area contributed by atoms with Crippen molar-refractivity contribution < 1.29 is 8.42 Å². The molecule has 0 aliphatic heterocycles. The number of benzene rings is 1. The maximum absolute atomic E-state index is 12.1. The minimum absolute atomic E-state index is 0. The molecule has 0 radical (unpaired) electrons. The predicted octanol–water partition coefficient (Wildman–Crippen LogP) is 2.01. The van der Waals surface area contributed by atoms with Crippen LogP contribution in [0.4, 0.5) is 0 Å². The number of sulfone groups is 1. The third kappa shape index (κ3) is 3.69. The number of hydrogen-bond acceptors (Lipinski definition) is 3. The van der Waals surface area contributed by atoms with Crippen LogP contribution in [-0.2, 0) is 9.84 Å². The van der Waals surface area contributed by atoms with Crippen molar-refractivity contribution in [3.05, 3.63) is 30.3 Å². The molecule has 1 aliphatic carbocycles. The van der Waals surface area contributed by atoms with Gasteiger partial charge in [-0.25, -0.2) is 8.42 Å². The number of nitrogens with two attached hydrogens (primary N) is 1. The smallest absolute Gasteiger partial charge is 0.178 e. The van der Waals surface area contributed by atoms with E-state index < -0.39 is 9.84 Å². The SMILES string of the molecule is Cl.N[C@@H]1CC[C@H](CS(=O)(=O)c2ccccc2)C1. The summed E-state index contributed by atoms with van der Waals surface area (Å²) < 4.78 is 24.1. The van der Waals surface area contributed by atoms with Crippen molar-refractivity contribution in [2.24, 2.45) is 11.7 Å². The van der Waals surface area contributed by atoms with Crippen LogP contribution in [0, 0.1) is 5.92 Å². The summed E-state index contributed by atoms with van der Waals surface area (Å²) in [6.45, 7) is 0. The Kier molecular flexibility index (Phi) is 4.98. The molecule has 0 aromatic heterocycles. The van der Waals surface area contributed by atoms with Gasteiger partial charge in [-0.1, -0.05) is 18.2 Å². The van der Waals surface area contributed by atoms with Crippen molar-refractivity contribution in [2.75, 3.05) is 5.75 Å². The van der Waals surface area contributed by atoms with Gasteiger partial charge in [-0.05, 0) is 37.3 Å². The molecule has 1 aromatic rings. The summed E-state index contributed by atoms with van der Waals surface area (Å²) in [7, 11) is -3.12. The lowest BCUT2D eigenvalue weighted by Crippen LogP contribution is -2.18. The highest BCUT2D eigenvalue weighted by atomic mass is 35.5. The Balaban J connectivity index is 0.00000144. The molecule has 96 valence electrons. The van der Waals surface area contributed by atoms with Crippen molar-refractivity contribution in [1.82, 2.24) is 0 Å². The van der Waals surface area contributed by atoms with Crippen LogP contribution < -0.4 is 5.73 Å². The molecular weight excluding hydrogens is 258 g/mol. The van der Waals surface area contributed by atoms with E-state index in [1.807, 2.05) is 6.07 Å². The molecule has 0 heterocycles. The number of hydrogen-bond donors (Lipinski definition) is 1. The fourth-order valence-electron chi connectivity index (χ4n) is 2.30. The highest BCUT2D eigenvalue weighted by molar-refractivity contribution is 7.91. The lowest BCUT2D eigenvalue weighted by atomic mass is 10.1. The van der Waals surface area contributed by atoms with E-state index in [1.54, 1.807) is 24.3 Å². The zero-order valence-corrected chi connectivity index (χ0v) is 11.2. The lowest BCUT2D eigenvalue weighted by molar-refractivity contribution is 0.553. The molecule has 17 heavy (non-hydrogen) atoms. The molecule has 2 atom stereocenters. The Bertz CT molecular complexity index is 447. The quantitative estimate of drug-likeness (QED) is 0.918. The zero-order valence-electron chi connectivity index (χ0n) is 9.58. The molecule has 2 rings (SSSR count). The molecular formula is C12H18ClNO2S. The van der Waals surface area contributed by atoms with Gasteiger partial charge in [0.25, 0.3) is 0 Å². The van der Waals surface area contributed by atoms with Crippen LogP contribution in [0.3, 0.4) is 0 Å². The highest BCUT2D eigenvalue weighted by Gasteiger charge is 2.27. The van der Waals surface area contributed by atoms with E-state index in [2.05, 4.69) is 0 Å². The van der Waals surface area contributed by atoms with Gasteiger partial charge < -0.3 is 5.73 Å². The van der Waals surface area contributed by atoms with Gasteiger partial charge >= 0.3 is 0 Å². The van der Waals surface area contributed by atoms with Crippen molar-refractivity contribution in [1.29, 1.82) is 0 Å². The van der Waals surface area contributed by atoms with Gasteiger partial charge in [0.2, 0.25) is 0 Å². The average Bonchev–Trinajstić information content (AvgIpc) is 2.64. The monoisotopic (exact) mass is 275 g/mol. The first-order valence-corrected chi connectivity index (χ1v) is 7.26. The number of rotatable bonds is 3. The van der Waals surface area contributed by atoms with Crippen molar-refractivity contribution in [3.8, 4) is 0 Å². The zero-order chi connectivity index (χ0) is 11.6. The highest BCUT2D eigenvalue weighted by Crippen LogP contribution is 2.27.